The summed E-state index contributed by atoms with van der Waals surface area (Å²) in [5.41, 5.74) is 5.67. The molecule has 0 unspecified atom stereocenters. The van der Waals surface area contributed by atoms with Crippen LogP contribution in [0, 0.1) is 11.8 Å². The zero-order chi connectivity index (χ0) is 26.6. The van der Waals surface area contributed by atoms with Crippen LogP contribution in [-0.2, 0) is 33.4 Å². The van der Waals surface area contributed by atoms with Crippen LogP contribution >= 0.6 is 0 Å². The average Bonchev–Trinajstić information content (AvgIpc) is 2.87. The largest absolute Gasteiger partial charge is 0.480 e. The van der Waals surface area contributed by atoms with Crippen molar-refractivity contribution in [3.63, 3.8) is 0 Å². The minimum Gasteiger partial charge on any atom is -0.480 e. The van der Waals surface area contributed by atoms with Gasteiger partial charge in [0.25, 0.3) is 0 Å². The number of aliphatic carboxylic acids is 1. The number of carbonyl (C=O) groups is 4. The maximum absolute atomic E-state index is 12.4. The van der Waals surface area contributed by atoms with Crippen molar-refractivity contribution in [2.24, 2.45) is 17.6 Å². The fraction of sp³-hybridized carbons (Fsp3) is 0.826. The Morgan fingerprint density at radius 1 is 0.861 bits per heavy atom. The standard InChI is InChI=1S/C23H42N4O9/c24-15-17-1-3-18(4-2-17)22(31)27-19(23(32)33)5-6-20(29)25-7-11-35-13-14-36-16-21(30)26-8-10-34-12-9-28/h17-19,28H,1-16,24H2,(H,25,29)(H,26,30)(H,27,31)(H,32,33)/t17-,18-,19-/m0/s1. The second-order valence-electron chi connectivity index (χ2n) is 8.59. The van der Waals surface area contributed by atoms with E-state index >= 15 is 0 Å². The monoisotopic (exact) mass is 518 g/mol. The Kier molecular flexibility index (Phi) is 17.5. The first-order valence-corrected chi connectivity index (χ1v) is 12.5. The van der Waals surface area contributed by atoms with Crippen LogP contribution < -0.4 is 21.7 Å². The first-order valence-electron chi connectivity index (χ1n) is 12.5. The summed E-state index contributed by atoms with van der Waals surface area (Å²) in [5.74, 6) is -1.86. The van der Waals surface area contributed by atoms with Crippen molar-refractivity contribution in [1.29, 1.82) is 0 Å². The van der Waals surface area contributed by atoms with Crippen molar-refractivity contribution < 1.29 is 43.6 Å². The number of hydrogen-bond acceptors (Lipinski definition) is 9. The summed E-state index contributed by atoms with van der Waals surface area (Å²) in [6.45, 7) is 2.19. The molecule has 13 heteroatoms. The Morgan fingerprint density at radius 2 is 1.47 bits per heavy atom. The molecule has 7 N–H and O–H groups in total. The summed E-state index contributed by atoms with van der Waals surface area (Å²) in [5, 5.41) is 25.8. The molecule has 0 aliphatic heterocycles. The quantitative estimate of drug-likeness (QED) is 0.102. The van der Waals surface area contributed by atoms with Crippen LogP contribution in [0.2, 0.25) is 0 Å². The Morgan fingerprint density at radius 3 is 2.08 bits per heavy atom. The van der Waals surface area contributed by atoms with Crippen molar-refractivity contribution in [3.05, 3.63) is 0 Å². The van der Waals surface area contributed by atoms with Gasteiger partial charge in [0.15, 0.2) is 0 Å². The van der Waals surface area contributed by atoms with Crippen molar-refractivity contribution in [2.75, 3.05) is 65.9 Å². The Labute approximate surface area is 211 Å². The lowest BCUT2D eigenvalue weighted by molar-refractivity contribution is -0.143. The Balaban J connectivity index is 2.07. The van der Waals surface area contributed by atoms with E-state index in [2.05, 4.69) is 16.0 Å². The van der Waals surface area contributed by atoms with Crippen LogP contribution in [0.1, 0.15) is 38.5 Å². The zero-order valence-electron chi connectivity index (χ0n) is 20.9. The maximum atomic E-state index is 12.4. The number of aliphatic hydroxyl groups is 1. The fourth-order valence-corrected chi connectivity index (χ4v) is 3.70. The number of nitrogens with two attached hydrogens (primary N) is 1. The van der Waals surface area contributed by atoms with Crippen LogP contribution in [0.15, 0.2) is 0 Å². The van der Waals surface area contributed by atoms with Gasteiger partial charge < -0.3 is 46.1 Å². The first-order chi connectivity index (χ1) is 17.4. The van der Waals surface area contributed by atoms with Crippen molar-refractivity contribution in [1.82, 2.24) is 16.0 Å². The summed E-state index contributed by atoms with van der Waals surface area (Å²) in [6.07, 6.45) is 3.07. The highest BCUT2D eigenvalue weighted by atomic mass is 16.5. The maximum Gasteiger partial charge on any atom is 0.326 e. The molecular weight excluding hydrogens is 476 g/mol. The molecule has 0 aromatic heterocycles. The van der Waals surface area contributed by atoms with Gasteiger partial charge in [-0.15, -0.1) is 0 Å². The van der Waals surface area contributed by atoms with Gasteiger partial charge in [-0.3, -0.25) is 14.4 Å². The number of aliphatic hydroxyl groups excluding tert-OH is 1. The van der Waals surface area contributed by atoms with Gasteiger partial charge in [0.05, 0.1) is 39.6 Å². The number of rotatable bonds is 20. The molecule has 208 valence electrons. The number of carboxylic acid groups (broad SMARTS) is 1. The fourth-order valence-electron chi connectivity index (χ4n) is 3.70. The van der Waals surface area contributed by atoms with Crippen LogP contribution in [0.5, 0.6) is 0 Å². The molecule has 1 fully saturated rings. The van der Waals surface area contributed by atoms with Gasteiger partial charge in [0.1, 0.15) is 12.6 Å². The van der Waals surface area contributed by atoms with E-state index in [4.69, 9.17) is 25.1 Å². The molecule has 0 saturated heterocycles. The van der Waals surface area contributed by atoms with Crippen LogP contribution in [0.4, 0.5) is 0 Å². The van der Waals surface area contributed by atoms with E-state index in [-0.39, 0.29) is 82.7 Å². The van der Waals surface area contributed by atoms with Crippen molar-refractivity contribution in [2.45, 2.75) is 44.6 Å². The van der Waals surface area contributed by atoms with Gasteiger partial charge in [-0.1, -0.05) is 0 Å². The summed E-state index contributed by atoms with van der Waals surface area (Å²) in [4.78, 5) is 47.4. The molecule has 3 amide bonds. The van der Waals surface area contributed by atoms with Gasteiger partial charge in [-0.25, -0.2) is 4.79 Å². The number of nitrogens with one attached hydrogen (secondary N) is 3. The number of carbonyl (C=O) groups excluding carboxylic acids is 3. The second-order valence-corrected chi connectivity index (χ2v) is 8.59. The molecule has 1 rings (SSSR count). The molecule has 36 heavy (non-hydrogen) atoms. The van der Waals surface area contributed by atoms with Crippen molar-refractivity contribution >= 4 is 23.7 Å². The highest BCUT2D eigenvalue weighted by molar-refractivity contribution is 5.85. The third-order valence-corrected chi connectivity index (χ3v) is 5.80. The normalized spacial score (nSPS) is 18.3. The molecule has 0 bridgehead atoms. The highest BCUT2D eigenvalue weighted by Crippen LogP contribution is 2.28. The van der Waals surface area contributed by atoms with Gasteiger partial charge in [-0.05, 0) is 44.6 Å². The molecule has 0 radical (unpaired) electrons. The van der Waals surface area contributed by atoms with E-state index in [0.29, 0.717) is 38.5 Å². The lowest BCUT2D eigenvalue weighted by Gasteiger charge is -2.27. The molecule has 0 aromatic carbocycles. The van der Waals surface area contributed by atoms with E-state index in [0.717, 1.165) is 12.8 Å². The predicted molar refractivity (Wildman–Crippen MR) is 129 cm³/mol. The molecule has 1 atom stereocenters. The Bertz CT molecular complexity index is 657. The second kappa shape index (κ2) is 19.8. The average molecular weight is 519 g/mol. The lowest BCUT2D eigenvalue weighted by Crippen LogP contribution is -2.45. The van der Waals surface area contributed by atoms with Gasteiger partial charge in [0, 0.05) is 25.4 Å². The minimum atomic E-state index is -1.17. The summed E-state index contributed by atoms with van der Waals surface area (Å²) < 4.78 is 15.5. The topological polar surface area (TPSA) is 199 Å². The molecule has 0 aromatic rings. The van der Waals surface area contributed by atoms with Gasteiger partial charge in [0.2, 0.25) is 17.7 Å². The van der Waals surface area contributed by atoms with Gasteiger partial charge >= 0.3 is 5.97 Å². The number of ether oxygens (including phenoxy) is 3. The van der Waals surface area contributed by atoms with Crippen LogP contribution in [-0.4, -0.2) is 106 Å². The molecule has 0 heterocycles. The predicted octanol–water partition coefficient (Wildman–Crippen LogP) is -1.62. The van der Waals surface area contributed by atoms with Gasteiger partial charge in [-0.2, -0.15) is 0 Å². The van der Waals surface area contributed by atoms with Crippen molar-refractivity contribution in [3.8, 4) is 0 Å². The van der Waals surface area contributed by atoms with E-state index in [9.17, 15) is 24.3 Å². The molecule has 1 aliphatic carbocycles. The molecule has 13 nitrogen and oxygen atoms in total. The summed E-state index contributed by atoms with van der Waals surface area (Å²) in [6, 6.07) is -1.12. The Hall–Kier alpha value is -2.32. The summed E-state index contributed by atoms with van der Waals surface area (Å²) in [7, 11) is 0. The highest BCUT2D eigenvalue weighted by Gasteiger charge is 2.29. The van der Waals surface area contributed by atoms with E-state index in [1.807, 2.05) is 0 Å². The van der Waals surface area contributed by atoms with Crippen LogP contribution in [0.25, 0.3) is 0 Å². The number of hydrogen-bond donors (Lipinski definition) is 6. The third kappa shape index (κ3) is 14.9. The molecule has 1 saturated carbocycles. The summed E-state index contributed by atoms with van der Waals surface area (Å²) >= 11 is 0. The first kappa shape index (κ1) is 31.7. The number of amides is 3. The number of carboxylic acids is 1. The molecular formula is C23H42N4O9. The van der Waals surface area contributed by atoms with Crippen LogP contribution in [0.3, 0.4) is 0 Å². The minimum absolute atomic E-state index is 0.00459. The zero-order valence-corrected chi connectivity index (χ0v) is 20.9. The molecule has 1 aliphatic rings. The van der Waals surface area contributed by atoms with E-state index < -0.39 is 12.0 Å². The SMILES string of the molecule is NC[C@H]1CC[C@H](C(=O)N[C@@H](CCC(=O)NCCOCCOCC(=O)NCCOCCO)C(=O)O)CC1. The third-order valence-electron chi connectivity index (χ3n) is 5.80. The lowest BCUT2D eigenvalue weighted by atomic mass is 9.81. The van der Waals surface area contributed by atoms with E-state index in [1.165, 1.54) is 0 Å². The molecule has 0 spiro atoms. The van der Waals surface area contributed by atoms with E-state index in [1.54, 1.807) is 0 Å². The smallest absolute Gasteiger partial charge is 0.326 e.